The maximum atomic E-state index is 12.4. The minimum absolute atomic E-state index is 0.124. The van der Waals surface area contributed by atoms with Gasteiger partial charge in [-0.15, -0.1) is 0 Å². The van der Waals surface area contributed by atoms with Crippen molar-refractivity contribution in [2.45, 2.75) is 6.10 Å². The van der Waals surface area contributed by atoms with Gasteiger partial charge >= 0.3 is 0 Å². The van der Waals surface area contributed by atoms with Crippen molar-refractivity contribution in [1.29, 1.82) is 0 Å². The SMILES string of the molecule is Nc1cc(C(=O)N2CCOC(c3ccc(Cl)cc3)C2)[nH]n1. The molecule has 1 saturated heterocycles. The molecule has 1 atom stereocenters. The highest BCUT2D eigenvalue weighted by Gasteiger charge is 2.27. The van der Waals surface area contributed by atoms with Gasteiger partial charge in [-0.2, -0.15) is 5.10 Å². The Morgan fingerprint density at radius 2 is 2.19 bits per heavy atom. The fourth-order valence-corrected chi connectivity index (χ4v) is 2.46. The topological polar surface area (TPSA) is 84.2 Å². The lowest BCUT2D eigenvalue weighted by Gasteiger charge is -2.32. The van der Waals surface area contributed by atoms with E-state index in [0.717, 1.165) is 5.56 Å². The third kappa shape index (κ3) is 3.01. The molecule has 1 aliphatic heterocycles. The number of aromatic nitrogens is 2. The summed E-state index contributed by atoms with van der Waals surface area (Å²) in [6.45, 7) is 1.52. The van der Waals surface area contributed by atoms with Crippen LogP contribution in [0.5, 0.6) is 0 Å². The van der Waals surface area contributed by atoms with Crippen molar-refractivity contribution in [3.63, 3.8) is 0 Å². The molecule has 0 saturated carbocycles. The van der Waals surface area contributed by atoms with Gasteiger partial charge in [0.2, 0.25) is 0 Å². The lowest BCUT2D eigenvalue weighted by Crippen LogP contribution is -2.42. The van der Waals surface area contributed by atoms with Crippen molar-refractivity contribution in [3.05, 3.63) is 46.6 Å². The number of H-pyrrole nitrogens is 1. The van der Waals surface area contributed by atoms with Crippen LogP contribution in [0.2, 0.25) is 5.02 Å². The van der Waals surface area contributed by atoms with E-state index in [1.165, 1.54) is 6.07 Å². The molecule has 1 unspecified atom stereocenters. The molecule has 110 valence electrons. The highest BCUT2D eigenvalue weighted by atomic mass is 35.5. The minimum atomic E-state index is -0.153. The summed E-state index contributed by atoms with van der Waals surface area (Å²) in [4.78, 5) is 14.1. The zero-order valence-electron chi connectivity index (χ0n) is 11.3. The van der Waals surface area contributed by atoms with Crippen LogP contribution >= 0.6 is 11.6 Å². The van der Waals surface area contributed by atoms with E-state index in [2.05, 4.69) is 10.2 Å². The number of benzene rings is 1. The monoisotopic (exact) mass is 306 g/mol. The second-order valence-corrected chi connectivity index (χ2v) is 5.31. The first-order chi connectivity index (χ1) is 10.1. The Bertz CT molecular complexity index is 641. The Balaban J connectivity index is 1.73. The van der Waals surface area contributed by atoms with Crippen molar-refractivity contribution in [3.8, 4) is 0 Å². The lowest BCUT2D eigenvalue weighted by molar-refractivity contribution is -0.0230. The van der Waals surface area contributed by atoms with Gasteiger partial charge in [-0.05, 0) is 17.7 Å². The number of anilines is 1. The molecule has 1 aromatic carbocycles. The minimum Gasteiger partial charge on any atom is -0.382 e. The Kier molecular flexibility index (Phi) is 3.81. The van der Waals surface area contributed by atoms with Crippen LogP contribution in [0.25, 0.3) is 0 Å². The Labute approximate surface area is 126 Å². The molecule has 1 amide bonds. The Morgan fingerprint density at radius 3 is 2.86 bits per heavy atom. The molecule has 0 bridgehead atoms. The van der Waals surface area contributed by atoms with Gasteiger partial charge in [-0.1, -0.05) is 23.7 Å². The number of nitrogens with two attached hydrogens (primary N) is 1. The number of carbonyl (C=O) groups is 1. The lowest BCUT2D eigenvalue weighted by atomic mass is 10.1. The van der Waals surface area contributed by atoms with Gasteiger partial charge in [0.05, 0.1) is 13.2 Å². The number of nitrogens with zero attached hydrogens (tertiary/aromatic N) is 2. The van der Waals surface area contributed by atoms with Gasteiger partial charge in [-0.25, -0.2) is 0 Å². The maximum absolute atomic E-state index is 12.4. The van der Waals surface area contributed by atoms with E-state index in [9.17, 15) is 4.79 Å². The van der Waals surface area contributed by atoms with Crippen molar-refractivity contribution < 1.29 is 9.53 Å². The zero-order valence-corrected chi connectivity index (χ0v) is 12.0. The second-order valence-electron chi connectivity index (χ2n) is 4.87. The first kappa shape index (κ1) is 13.9. The van der Waals surface area contributed by atoms with Crippen molar-refractivity contribution in [2.24, 2.45) is 0 Å². The number of morpholine rings is 1. The summed E-state index contributed by atoms with van der Waals surface area (Å²) in [5.41, 5.74) is 6.92. The summed E-state index contributed by atoms with van der Waals surface area (Å²) in [5, 5.41) is 7.10. The maximum Gasteiger partial charge on any atom is 0.272 e. The summed E-state index contributed by atoms with van der Waals surface area (Å²) in [7, 11) is 0. The predicted octanol–water partition coefficient (Wildman–Crippen LogP) is 1.86. The molecule has 0 spiro atoms. The van der Waals surface area contributed by atoms with Crippen LogP contribution in [0.1, 0.15) is 22.2 Å². The highest BCUT2D eigenvalue weighted by Crippen LogP contribution is 2.24. The van der Waals surface area contributed by atoms with Crippen molar-refractivity contribution >= 4 is 23.3 Å². The van der Waals surface area contributed by atoms with E-state index < -0.39 is 0 Å². The molecular formula is C14H15ClN4O2. The number of halogens is 1. The van der Waals surface area contributed by atoms with Gasteiger partial charge in [0, 0.05) is 17.6 Å². The quantitative estimate of drug-likeness (QED) is 0.887. The first-order valence-corrected chi connectivity index (χ1v) is 6.98. The van der Waals surface area contributed by atoms with Gasteiger partial charge in [0.1, 0.15) is 17.6 Å². The number of hydrogen-bond donors (Lipinski definition) is 2. The van der Waals surface area contributed by atoms with Gasteiger partial charge < -0.3 is 15.4 Å². The largest absolute Gasteiger partial charge is 0.382 e. The number of hydrogen-bond acceptors (Lipinski definition) is 4. The molecule has 1 aliphatic rings. The van der Waals surface area contributed by atoms with Gasteiger partial charge in [0.15, 0.2) is 0 Å². The van der Waals surface area contributed by atoms with Crippen LogP contribution in [0, 0.1) is 0 Å². The number of aromatic amines is 1. The van der Waals surface area contributed by atoms with Gasteiger partial charge in [0.25, 0.3) is 5.91 Å². The molecule has 1 aromatic heterocycles. The molecular weight excluding hydrogens is 292 g/mol. The number of ether oxygens (including phenoxy) is 1. The summed E-state index contributed by atoms with van der Waals surface area (Å²) in [6.07, 6.45) is -0.153. The fraction of sp³-hybridized carbons (Fsp3) is 0.286. The van der Waals surface area contributed by atoms with Crippen LogP contribution in [-0.4, -0.2) is 40.7 Å². The van der Waals surface area contributed by atoms with E-state index in [4.69, 9.17) is 22.1 Å². The molecule has 3 N–H and O–H groups in total. The number of carbonyl (C=O) groups excluding carboxylic acids is 1. The molecule has 2 aromatic rings. The number of nitrogen functional groups attached to an aromatic ring is 1. The smallest absolute Gasteiger partial charge is 0.272 e. The molecule has 2 heterocycles. The molecule has 3 rings (SSSR count). The molecule has 7 heteroatoms. The average Bonchev–Trinajstić information content (AvgIpc) is 2.94. The number of amides is 1. The van der Waals surface area contributed by atoms with E-state index in [1.807, 2.05) is 24.3 Å². The average molecular weight is 307 g/mol. The van der Waals surface area contributed by atoms with Crippen LogP contribution in [0.15, 0.2) is 30.3 Å². The summed E-state index contributed by atoms with van der Waals surface area (Å²) in [6, 6.07) is 8.99. The van der Waals surface area contributed by atoms with Crippen LogP contribution in [0.3, 0.4) is 0 Å². The van der Waals surface area contributed by atoms with E-state index in [-0.39, 0.29) is 12.0 Å². The van der Waals surface area contributed by atoms with Crippen LogP contribution < -0.4 is 5.73 Å². The molecule has 0 radical (unpaired) electrons. The third-order valence-corrected chi connectivity index (χ3v) is 3.68. The summed E-state index contributed by atoms with van der Waals surface area (Å²) in [5.74, 6) is 0.183. The summed E-state index contributed by atoms with van der Waals surface area (Å²) < 4.78 is 5.74. The molecule has 0 aliphatic carbocycles. The number of rotatable bonds is 2. The normalized spacial score (nSPS) is 18.7. The van der Waals surface area contributed by atoms with Crippen LogP contribution in [0.4, 0.5) is 5.82 Å². The Morgan fingerprint density at radius 1 is 1.43 bits per heavy atom. The predicted molar refractivity (Wildman–Crippen MR) is 79.0 cm³/mol. The van der Waals surface area contributed by atoms with Crippen molar-refractivity contribution in [1.82, 2.24) is 15.1 Å². The van der Waals surface area contributed by atoms with E-state index >= 15 is 0 Å². The standard InChI is InChI=1S/C14H15ClN4O2/c15-10-3-1-9(2-4-10)12-8-19(5-6-21-12)14(20)11-7-13(16)18-17-11/h1-4,7,12H,5-6,8H2,(H3,16,17,18). The molecule has 1 fully saturated rings. The third-order valence-electron chi connectivity index (χ3n) is 3.42. The molecule has 6 nitrogen and oxygen atoms in total. The zero-order chi connectivity index (χ0) is 14.8. The Hall–Kier alpha value is -2.05. The van der Waals surface area contributed by atoms with E-state index in [0.29, 0.717) is 36.2 Å². The van der Waals surface area contributed by atoms with E-state index in [1.54, 1.807) is 4.90 Å². The van der Waals surface area contributed by atoms with Crippen molar-refractivity contribution in [2.75, 3.05) is 25.4 Å². The molecule has 21 heavy (non-hydrogen) atoms. The first-order valence-electron chi connectivity index (χ1n) is 6.61. The van der Waals surface area contributed by atoms with Gasteiger partial charge in [-0.3, -0.25) is 9.89 Å². The van der Waals surface area contributed by atoms with Crippen LogP contribution in [-0.2, 0) is 4.74 Å². The summed E-state index contributed by atoms with van der Waals surface area (Å²) >= 11 is 5.88. The highest BCUT2D eigenvalue weighted by molar-refractivity contribution is 6.30. The fourth-order valence-electron chi connectivity index (χ4n) is 2.33. The number of nitrogens with one attached hydrogen (secondary N) is 1. The second kappa shape index (κ2) is 5.75.